The largest absolute Gasteiger partial charge is 0.486 e. The van der Waals surface area contributed by atoms with E-state index in [2.05, 4.69) is 10.4 Å². The van der Waals surface area contributed by atoms with Crippen LogP contribution in [0.25, 0.3) is 0 Å². The molecule has 110 valence electrons. The Morgan fingerprint density at radius 1 is 1.38 bits per heavy atom. The highest BCUT2D eigenvalue weighted by Gasteiger charge is 2.13. The first kappa shape index (κ1) is 14.2. The maximum absolute atomic E-state index is 11.3. The number of carbonyl (C=O) groups is 1. The second-order valence-electron chi connectivity index (χ2n) is 4.21. The van der Waals surface area contributed by atoms with Crippen LogP contribution in [0.4, 0.5) is 0 Å². The highest BCUT2D eigenvalue weighted by molar-refractivity contribution is 7.98. The molecular weight excluding hydrogens is 310 g/mol. The van der Waals surface area contributed by atoms with Gasteiger partial charge in [-0.3, -0.25) is 10.2 Å². The van der Waals surface area contributed by atoms with Crippen molar-refractivity contribution in [2.75, 3.05) is 13.2 Å². The first-order valence-corrected chi connectivity index (χ1v) is 8.10. The Morgan fingerprint density at radius 2 is 2.19 bits per heavy atom. The van der Waals surface area contributed by atoms with Crippen molar-refractivity contribution in [3.8, 4) is 11.5 Å². The summed E-state index contributed by atoms with van der Waals surface area (Å²) in [7, 11) is 0. The number of thioether (sulfide) groups is 1. The van der Waals surface area contributed by atoms with Crippen LogP contribution in [0.15, 0.2) is 28.5 Å². The van der Waals surface area contributed by atoms with Crippen LogP contribution in [0, 0.1) is 0 Å². The summed E-state index contributed by atoms with van der Waals surface area (Å²) < 4.78 is 11.0. The molecule has 3 rings (SSSR count). The van der Waals surface area contributed by atoms with Gasteiger partial charge in [-0.1, -0.05) is 0 Å². The first-order valence-electron chi connectivity index (χ1n) is 6.24. The molecule has 0 bridgehead atoms. The SMILES string of the molecule is NNC(=O)c1nc(CSc2ccc3c(c2)OCCO3)cs1. The Balaban J connectivity index is 1.65. The quantitative estimate of drug-likeness (QED) is 0.386. The lowest BCUT2D eigenvalue weighted by molar-refractivity contribution is 0.0953. The highest BCUT2D eigenvalue weighted by Crippen LogP contribution is 2.35. The van der Waals surface area contributed by atoms with Crippen LogP contribution < -0.4 is 20.7 Å². The lowest BCUT2D eigenvalue weighted by Gasteiger charge is -2.18. The third kappa shape index (κ3) is 3.29. The molecule has 2 heterocycles. The van der Waals surface area contributed by atoms with E-state index in [0.29, 0.717) is 24.0 Å². The average molecular weight is 323 g/mol. The Morgan fingerprint density at radius 3 is 3.00 bits per heavy atom. The van der Waals surface area contributed by atoms with E-state index in [9.17, 15) is 4.79 Å². The van der Waals surface area contributed by atoms with Crippen molar-refractivity contribution in [1.82, 2.24) is 10.4 Å². The normalized spacial score (nSPS) is 13.0. The number of hydrogen-bond acceptors (Lipinski definition) is 7. The zero-order chi connectivity index (χ0) is 14.7. The van der Waals surface area contributed by atoms with E-state index < -0.39 is 0 Å². The van der Waals surface area contributed by atoms with Gasteiger partial charge in [0.1, 0.15) is 13.2 Å². The zero-order valence-electron chi connectivity index (χ0n) is 11.0. The Hall–Kier alpha value is -1.77. The van der Waals surface area contributed by atoms with Gasteiger partial charge in [0.15, 0.2) is 16.5 Å². The smallest absolute Gasteiger partial charge is 0.294 e. The number of rotatable bonds is 4. The summed E-state index contributed by atoms with van der Waals surface area (Å²) in [6, 6.07) is 5.85. The van der Waals surface area contributed by atoms with E-state index in [-0.39, 0.29) is 5.91 Å². The molecule has 0 radical (unpaired) electrons. The van der Waals surface area contributed by atoms with Crippen molar-refractivity contribution < 1.29 is 14.3 Å². The van der Waals surface area contributed by atoms with Crippen molar-refractivity contribution in [2.45, 2.75) is 10.6 Å². The molecule has 0 unspecified atom stereocenters. The van der Waals surface area contributed by atoms with Crippen molar-refractivity contribution >= 4 is 29.0 Å². The summed E-state index contributed by atoms with van der Waals surface area (Å²) in [6.07, 6.45) is 0. The van der Waals surface area contributed by atoms with Crippen molar-refractivity contribution in [3.63, 3.8) is 0 Å². The minimum absolute atomic E-state index is 0.365. The molecule has 0 atom stereocenters. The number of carbonyl (C=O) groups excluding carboxylic acids is 1. The fourth-order valence-electron chi connectivity index (χ4n) is 1.81. The summed E-state index contributed by atoms with van der Waals surface area (Å²) in [6.45, 7) is 1.16. The van der Waals surface area contributed by atoms with Crippen molar-refractivity contribution in [3.05, 3.63) is 34.3 Å². The maximum atomic E-state index is 11.3. The molecule has 1 aliphatic heterocycles. The Bertz CT molecular complexity index is 660. The average Bonchev–Trinajstić information content (AvgIpc) is 3.01. The van der Waals surface area contributed by atoms with E-state index in [1.807, 2.05) is 23.6 Å². The summed E-state index contributed by atoms with van der Waals surface area (Å²) >= 11 is 2.90. The van der Waals surface area contributed by atoms with Crippen LogP contribution in [0.1, 0.15) is 15.5 Å². The number of nitrogen functional groups attached to an aromatic ring is 1. The second kappa shape index (κ2) is 6.33. The highest BCUT2D eigenvalue weighted by atomic mass is 32.2. The number of nitrogens with two attached hydrogens (primary N) is 1. The molecule has 0 aliphatic carbocycles. The maximum Gasteiger partial charge on any atom is 0.294 e. The molecule has 21 heavy (non-hydrogen) atoms. The molecule has 0 fully saturated rings. The van der Waals surface area contributed by atoms with Gasteiger partial charge < -0.3 is 9.47 Å². The lowest BCUT2D eigenvalue weighted by atomic mass is 10.3. The molecule has 1 aromatic carbocycles. The molecule has 2 aromatic rings. The van der Waals surface area contributed by atoms with Crippen LogP contribution in [0.5, 0.6) is 11.5 Å². The minimum atomic E-state index is -0.365. The molecular formula is C13H13N3O3S2. The predicted molar refractivity (Wildman–Crippen MR) is 80.8 cm³/mol. The molecule has 1 amide bonds. The third-order valence-electron chi connectivity index (χ3n) is 2.78. The van der Waals surface area contributed by atoms with Gasteiger partial charge in [0.05, 0.1) is 5.69 Å². The molecule has 1 aromatic heterocycles. The van der Waals surface area contributed by atoms with Gasteiger partial charge in [-0.15, -0.1) is 23.1 Å². The van der Waals surface area contributed by atoms with Gasteiger partial charge in [0.25, 0.3) is 5.91 Å². The van der Waals surface area contributed by atoms with Gasteiger partial charge >= 0.3 is 0 Å². The van der Waals surface area contributed by atoms with Crippen LogP contribution >= 0.6 is 23.1 Å². The summed E-state index contributed by atoms with van der Waals surface area (Å²) in [5.74, 6) is 6.94. The topological polar surface area (TPSA) is 86.5 Å². The molecule has 0 spiro atoms. The van der Waals surface area contributed by atoms with Gasteiger partial charge in [0, 0.05) is 16.0 Å². The number of benzene rings is 1. The van der Waals surface area contributed by atoms with Crippen LogP contribution in [0.3, 0.4) is 0 Å². The lowest BCUT2D eigenvalue weighted by Crippen LogP contribution is -2.29. The van der Waals surface area contributed by atoms with Crippen molar-refractivity contribution in [2.24, 2.45) is 5.84 Å². The fourth-order valence-corrected chi connectivity index (χ4v) is 3.45. The number of thiazole rings is 1. The number of hydrazine groups is 1. The number of fused-ring (bicyclic) bond motifs is 1. The zero-order valence-corrected chi connectivity index (χ0v) is 12.6. The van der Waals surface area contributed by atoms with Crippen LogP contribution in [-0.2, 0) is 5.75 Å². The van der Waals surface area contributed by atoms with Gasteiger partial charge in [-0.2, -0.15) is 0 Å². The molecule has 6 nitrogen and oxygen atoms in total. The number of hydrogen-bond donors (Lipinski definition) is 2. The number of aromatic nitrogens is 1. The molecule has 3 N–H and O–H groups in total. The summed E-state index contributed by atoms with van der Waals surface area (Å²) in [4.78, 5) is 16.6. The Kier molecular flexibility index (Phi) is 4.28. The monoisotopic (exact) mass is 323 g/mol. The minimum Gasteiger partial charge on any atom is -0.486 e. The predicted octanol–water partition coefficient (Wildman–Crippen LogP) is 1.81. The van der Waals surface area contributed by atoms with Gasteiger partial charge in [-0.25, -0.2) is 10.8 Å². The van der Waals surface area contributed by atoms with E-state index in [4.69, 9.17) is 15.3 Å². The molecule has 8 heteroatoms. The first-order chi connectivity index (χ1) is 10.3. The second-order valence-corrected chi connectivity index (χ2v) is 6.12. The molecule has 0 saturated heterocycles. The van der Waals surface area contributed by atoms with Crippen molar-refractivity contribution in [1.29, 1.82) is 0 Å². The number of ether oxygens (including phenoxy) is 2. The third-order valence-corrected chi connectivity index (χ3v) is 4.69. The van der Waals surface area contributed by atoms with Crippen LogP contribution in [-0.4, -0.2) is 24.1 Å². The summed E-state index contributed by atoms with van der Waals surface area (Å²) in [5.41, 5.74) is 2.92. The van der Waals surface area contributed by atoms with E-state index in [1.54, 1.807) is 11.8 Å². The van der Waals surface area contributed by atoms with Crippen LogP contribution in [0.2, 0.25) is 0 Å². The number of nitrogens with one attached hydrogen (secondary N) is 1. The standard InChI is InChI=1S/C13H13N3O3S2/c14-16-12(17)13-15-8(7-21-13)6-20-9-1-2-10-11(5-9)19-4-3-18-10/h1-2,5,7H,3-4,6,14H2,(H,16,17). The molecule has 1 aliphatic rings. The number of nitrogens with zero attached hydrogens (tertiary/aromatic N) is 1. The van der Waals surface area contributed by atoms with Gasteiger partial charge in [-0.05, 0) is 18.2 Å². The molecule has 0 saturated carbocycles. The Labute approximate surface area is 129 Å². The van der Waals surface area contributed by atoms with Gasteiger partial charge in [0.2, 0.25) is 0 Å². The van der Waals surface area contributed by atoms with E-state index in [1.165, 1.54) is 11.3 Å². The summed E-state index contributed by atoms with van der Waals surface area (Å²) in [5, 5.41) is 2.23. The van der Waals surface area contributed by atoms with E-state index >= 15 is 0 Å². The fraction of sp³-hybridized carbons (Fsp3) is 0.231. The number of amides is 1. The van der Waals surface area contributed by atoms with E-state index in [0.717, 1.165) is 22.1 Å².